The molecule has 104 valence electrons. The molecule has 4 heteroatoms. The molecule has 0 spiro atoms. The van der Waals surface area contributed by atoms with Gasteiger partial charge in [-0.1, -0.05) is 13.8 Å². The zero-order chi connectivity index (χ0) is 13.8. The Bertz CT molecular complexity index is 305. The van der Waals surface area contributed by atoms with Crippen LogP contribution in [0.4, 0.5) is 0 Å². The minimum absolute atomic E-state index is 0.0398. The average molecular weight is 254 g/mol. The molecule has 0 saturated carbocycles. The first-order valence-corrected chi connectivity index (χ1v) is 6.93. The zero-order valence-corrected chi connectivity index (χ0v) is 12.1. The molecule has 18 heavy (non-hydrogen) atoms. The largest absolute Gasteiger partial charge is 0.355 e. The fraction of sp³-hybridized carbons (Fsp3) is 0.857. The van der Waals surface area contributed by atoms with Crippen LogP contribution in [-0.2, 0) is 9.59 Å². The van der Waals surface area contributed by atoms with E-state index in [2.05, 4.69) is 19.2 Å². The van der Waals surface area contributed by atoms with Crippen LogP contribution in [0.3, 0.4) is 0 Å². The topological polar surface area (TPSA) is 49.4 Å². The molecule has 1 aliphatic rings. The van der Waals surface area contributed by atoms with Crippen LogP contribution in [0.25, 0.3) is 0 Å². The van der Waals surface area contributed by atoms with Gasteiger partial charge in [0.1, 0.15) is 5.41 Å². The van der Waals surface area contributed by atoms with E-state index in [4.69, 9.17) is 0 Å². The van der Waals surface area contributed by atoms with Crippen LogP contribution < -0.4 is 5.32 Å². The van der Waals surface area contributed by atoms with Crippen LogP contribution in [0.1, 0.15) is 47.0 Å². The van der Waals surface area contributed by atoms with Gasteiger partial charge in [-0.15, -0.1) is 0 Å². The fourth-order valence-electron chi connectivity index (χ4n) is 2.11. The molecule has 0 radical (unpaired) electrons. The van der Waals surface area contributed by atoms with Crippen molar-refractivity contribution >= 4 is 11.8 Å². The molecular formula is C14H26N2O2. The van der Waals surface area contributed by atoms with Crippen molar-refractivity contribution in [2.45, 2.75) is 47.0 Å². The summed E-state index contributed by atoms with van der Waals surface area (Å²) in [6, 6.07) is 0. The van der Waals surface area contributed by atoms with Crippen molar-refractivity contribution < 1.29 is 9.59 Å². The number of hydrogen-bond donors (Lipinski definition) is 1. The molecule has 0 bridgehead atoms. The van der Waals surface area contributed by atoms with E-state index in [9.17, 15) is 9.59 Å². The Kier molecular flexibility index (Phi) is 5.17. The Labute approximate surface area is 110 Å². The van der Waals surface area contributed by atoms with Gasteiger partial charge < -0.3 is 10.2 Å². The third-order valence-corrected chi connectivity index (χ3v) is 3.50. The van der Waals surface area contributed by atoms with E-state index in [-0.39, 0.29) is 11.8 Å². The summed E-state index contributed by atoms with van der Waals surface area (Å²) in [5, 5.41) is 2.87. The van der Waals surface area contributed by atoms with Crippen molar-refractivity contribution in [3.63, 3.8) is 0 Å². The molecule has 0 atom stereocenters. The lowest BCUT2D eigenvalue weighted by molar-refractivity contribution is -0.147. The van der Waals surface area contributed by atoms with Gasteiger partial charge in [0.15, 0.2) is 0 Å². The van der Waals surface area contributed by atoms with Crippen molar-refractivity contribution in [3.8, 4) is 0 Å². The maximum atomic E-state index is 12.3. The van der Waals surface area contributed by atoms with E-state index in [1.165, 1.54) is 0 Å². The van der Waals surface area contributed by atoms with Crippen LogP contribution in [-0.4, -0.2) is 36.3 Å². The van der Waals surface area contributed by atoms with Gasteiger partial charge in [-0.3, -0.25) is 9.59 Å². The van der Waals surface area contributed by atoms with Crippen LogP contribution in [0, 0.1) is 11.3 Å². The summed E-state index contributed by atoms with van der Waals surface area (Å²) in [4.78, 5) is 26.2. The minimum atomic E-state index is -0.943. The molecule has 0 aromatic heterocycles. The van der Waals surface area contributed by atoms with Crippen molar-refractivity contribution in [2.75, 3.05) is 19.6 Å². The molecule has 1 fully saturated rings. The van der Waals surface area contributed by atoms with Gasteiger partial charge in [-0.05, 0) is 39.0 Å². The maximum Gasteiger partial charge on any atom is 0.237 e. The lowest BCUT2D eigenvalue weighted by atomic mass is 9.90. The highest BCUT2D eigenvalue weighted by atomic mass is 16.2. The highest BCUT2D eigenvalue weighted by Gasteiger charge is 2.39. The van der Waals surface area contributed by atoms with Crippen molar-refractivity contribution in [2.24, 2.45) is 11.3 Å². The van der Waals surface area contributed by atoms with E-state index in [1.807, 2.05) is 4.90 Å². The first-order valence-electron chi connectivity index (χ1n) is 6.93. The van der Waals surface area contributed by atoms with Crippen molar-refractivity contribution in [3.05, 3.63) is 0 Å². The highest BCUT2D eigenvalue weighted by molar-refractivity contribution is 6.04. The van der Waals surface area contributed by atoms with Gasteiger partial charge in [0, 0.05) is 19.6 Å². The lowest BCUT2D eigenvalue weighted by Gasteiger charge is -2.28. The molecule has 1 N–H and O–H groups in total. The Morgan fingerprint density at radius 1 is 1.22 bits per heavy atom. The summed E-state index contributed by atoms with van der Waals surface area (Å²) >= 11 is 0. The molecule has 4 nitrogen and oxygen atoms in total. The summed E-state index contributed by atoms with van der Waals surface area (Å²) in [6.45, 7) is 9.91. The van der Waals surface area contributed by atoms with Crippen molar-refractivity contribution in [1.29, 1.82) is 0 Å². The van der Waals surface area contributed by atoms with Gasteiger partial charge >= 0.3 is 0 Å². The summed E-state index contributed by atoms with van der Waals surface area (Å²) in [7, 11) is 0. The predicted octanol–water partition coefficient (Wildman–Crippen LogP) is 1.80. The number of hydrogen-bond acceptors (Lipinski definition) is 2. The third kappa shape index (κ3) is 3.72. The molecule has 2 amide bonds. The summed E-state index contributed by atoms with van der Waals surface area (Å²) < 4.78 is 0. The number of carbonyl (C=O) groups is 2. The number of nitrogens with zero attached hydrogens (tertiary/aromatic N) is 1. The Morgan fingerprint density at radius 3 is 2.28 bits per heavy atom. The molecule has 1 rings (SSSR count). The van der Waals surface area contributed by atoms with Crippen LogP contribution in [0.5, 0.6) is 0 Å². The summed E-state index contributed by atoms with van der Waals surface area (Å²) in [5.74, 6) is 0.366. The smallest absolute Gasteiger partial charge is 0.237 e. The number of rotatable bonds is 5. The Balaban J connectivity index is 2.50. The standard InChI is InChI=1S/C14H26N2O2/c1-11(2)7-8-15-12(17)14(3,4)13(18)16-9-5-6-10-16/h11H,5-10H2,1-4H3,(H,15,17). The molecule has 0 aliphatic carbocycles. The van der Waals surface area contributed by atoms with Crippen LogP contribution in [0.2, 0.25) is 0 Å². The van der Waals surface area contributed by atoms with E-state index in [1.54, 1.807) is 13.8 Å². The molecule has 0 aromatic rings. The van der Waals surface area contributed by atoms with Gasteiger partial charge in [-0.2, -0.15) is 0 Å². The number of amides is 2. The van der Waals surface area contributed by atoms with Crippen molar-refractivity contribution in [1.82, 2.24) is 10.2 Å². The third-order valence-electron chi connectivity index (χ3n) is 3.50. The second-order valence-electron chi connectivity index (χ2n) is 6.06. The second kappa shape index (κ2) is 6.21. The first-order chi connectivity index (χ1) is 8.35. The van der Waals surface area contributed by atoms with E-state index in [0.29, 0.717) is 12.5 Å². The Hall–Kier alpha value is -1.06. The molecule has 1 aliphatic heterocycles. The first kappa shape index (κ1) is 15.0. The van der Waals surface area contributed by atoms with Crippen LogP contribution in [0.15, 0.2) is 0 Å². The molecule has 0 unspecified atom stereocenters. The quantitative estimate of drug-likeness (QED) is 0.761. The molecule has 0 aromatic carbocycles. The minimum Gasteiger partial charge on any atom is -0.355 e. The lowest BCUT2D eigenvalue weighted by Crippen LogP contribution is -2.49. The maximum absolute atomic E-state index is 12.3. The molecular weight excluding hydrogens is 228 g/mol. The monoisotopic (exact) mass is 254 g/mol. The number of nitrogens with one attached hydrogen (secondary N) is 1. The molecule has 1 heterocycles. The van der Waals surface area contributed by atoms with E-state index < -0.39 is 5.41 Å². The summed E-state index contributed by atoms with van der Waals surface area (Å²) in [5.41, 5.74) is -0.943. The van der Waals surface area contributed by atoms with Gasteiger partial charge in [0.05, 0.1) is 0 Å². The molecule has 1 saturated heterocycles. The zero-order valence-electron chi connectivity index (χ0n) is 12.1. The highest BCUT2D eigenvalue weighted by Crippen LogP contribution is 2.22. The van der Waals surface area contributed by atoms with Gasteiger partial charge in [0.25, 0.3) is 0 Å². The summed E-state index contributed by atoms with van der Waals surface area (Å²) in [6.07, 6.45) is 3.05. The Morgan fingerprint density at radius 2 is 1.78 bits per heavy atom. The SMILES string of the molecule is CC(C)CCNC(=O)C(C)(C)C(=O)N1CCCC1. The van der Waals surface area contributed by atoms with E-state index in [0.717, 1.165) is 32.4 Å². The van der Waals surface area contributed by atoms with Crippen LogP contribution >= 0.6 is 0 Å². The fourth-order valence-corrected chi connectivity index (χ4v) is 2.11. The van der Waals surface area contributed by atoms with Gasteiger partial charge in [-0.25, -0.2) is 0 Å². The van der Waals surface area contributed by atoms with Gasteiger partial charge in [0.2, 0.25) is 11.8 Å². The predicted molar refractivity (Wildman–Crippen MR) is 72.1 cm³/mol. The number of likely N-dealkylation sites (tertiary alicyclic amines) is 1. The normalized spacial score (nSPS) is 16.2. The van der Waals surface area contributed by atoms with E-state index >= 15 is 0 Å². The second-order valence-corrected chi connectivity index (χ2v) is 6.06. The average Bonchev–Trinajstić information content (AvgIpc) is 2.80. The number of carbonyl (C=O) groups excluding carboxylic acids is 2.